The fourth-order valence-electron chi connectivity index (χ4n) is 2.64. The Kier molecular flexibility index (Phi) is 6.84. The third-order valence-corrected chi connectivity index (χ3v) is 4.87. The van der Waals surface area contributed by atoms with E-state index in [0.717, 1.165) is 30.8 Å². The summed E-state index contributed by atoms with van der Waals surface area (Å²) in [6.07, 6.45) is 2.25. The van der Waals surface area contributed by atoms with E-state index in [2.05, 4.69) is 20.8 Å². The zero-order valence-corrected chi connectivity index (χ0v) is 15.6. The van der Waals surface area contributed by atoms with Crippen LogP contribution in [0.1, 0.15) is 18.4 Å². The lowest BCUT2D eigenvalue weighted by Crippen LogP contribution is -2.29. The molecule has 0 saturated carbocycles. The van der Waals surface area contributed by atoms with Crippen molar-refractivity contribution in [2.45, 2.75) is 37.6 Å². The van der Waals surface area contributed by atoms with E-state index in [-0.39, 0.29) is 17.8 Å². The minimum atomic E-state index is -0.0745. The van der Waals surface area contributed by atoms with E-state index in [1.165, 1.54) is 11.8 Å². The molecule has 0 spiro atoms. The van der Waals surface area contributed by atoms with Gasteiger partial charge in [-0.2, -0.15) is 0 Å². The smallest absolute Gasteiger partial charge is 0.230 e. The number of nitrogens with zero attached hydrogens (tertiary/aromatic N) is 4. The highest BCUT2D eigenvalue weighted by molar-refractivity contribution is 7.99. The molecule has 1 aliphatic rings. The van der Waals surface area contributed by atoms with E-state index >= 15 is 0 Å². The summed E-state index contributed by atoms with van der Waals surface area (Å²) in [4.78, 5) is 12.0. The highest BCUT2D eigenvalue weighted by atomic mass is 32.2. The zero-order valence-electron chi connectivity index (χ0n) is 14.8. The summed E-state index contributed by atoms with van der Waals surface area (Å²) in [7, 11) is 0. The number of tetrazole rings is 1. The minimum absolute atomic E-state index is 0.0745. The zero-order chi connectivity index (χ0) is 18.2. The van der Waals surface area contributed by atoms with Crippen LogP contribution >= 0.6 is 11.8 Å². The molecule has 0 bridgehead atoms. The highest BCUT2D eigenvalue weighted by Crippen LogP contribution is 2.18. The summed E-state index contributed by atoms with van der Waals surface area (Å²) in [6.45, 7) is 4.31. The molecule has 1 saturated heterocycles. The summed E-state index contributed by atoms with van der Waals surface area (Å²) < 4.78 is 12.9. The summed E-state index contributed by atoms with van der Waals surface area (Å²) in [6, 6.07) is 7.82. The van der Waals surface area contributed by atoms with Gasteiger partial charge in [0.25, 0.3) is 0 Å². The molecule has 8 nitrogen and oxygen atoms in total. The van der Waals surface area contributed by atoms with Gasteiger partial charge in [0.05, 0.1) is 24.9 Å². The Morgan fingerprint density at radius 2 is 2.42 bits per heavy atom. The molecule has 0 radical (unpaired) electrons. The van der Waals surface area contributed by atoms with Crippen LogP contribution in [0.4, 0.5) is 0 Å². The summed E-state index contributed by atoms with van der Waals surface area (Å²) >= 11 is 1.32. The van der Waals surface area contributed by atoms with Crippen LogP contribution in [0.15, 0.2) is 29.4 Å². The van der Waals surface area contributed by atoms with Crippen LogP contribution < -0.4 is 10.1 Å². The number of hydrogen-bond donors (Lipinski definition) is 1. The molecule has 1 N–H and O–H groups in total. The number of benzene rings is 1. The number of carbonyl (C=O) groups is 1. The fourth-order valence-corrected chi connectivity index (χ4v) is 3.36. The van der Waals surface area contributed by atoms with Gasteiger partial charge in [0.2, 0.25) is 11.1 Å². The largest absolute Gasteiger partial charge is 0.492 e. The monoisotopic (exact) mass is 377 g/mol. The average Bonchev–Trinajstić information content (AvgIpc) is 3.29. The standard InChI is InChI=1S/C17H23N5O3S/c1-13-4-2-5-14(10-13)25-9-7-18-16(23)12-26-17-19-20-21-22(17)11-15-6-3-8-24-15/h2,4-5,10,15H,3,6-9,11-12H2,1H3,(H,18,23). The lowest BCUT2D eigenvalue weighted by atomic mass is 10.2. The van der Waals surface area contributed by atoms with Gasteiger partial charge in [0.1, 0.15) is 12.4 Å². The van der Waals surface area contributed by atoms with Crippen molar-refractivity contribution >= 4 is 17.7 Å². The predicted octanol–water partition coefficient (Wildman–Crippen LogP) is 1.45. The second kappa shape index (κ2) is 9.54. The van der Waals surface area contributed by atoms with Crippen LogP contribution in [0.3, 0.4) is 0 Å². The van der Waals surface area contributed by atoms with Gasteiger partial charge in [-0.25, -0.2) is 4.68 Å². The molecule has 140 valence electrons. The highest BCUT2D eigenvalue weighted by Gasteiger charge is 2.19. The van der Waals surface area contributed by atoms with Crippen molar-refractivity contribution in [1.29, 1.82) is 0 Å². The Hall–Kier alpha value is -2.13. The van der Waals surface area contributed by atoms with Gasteiger partial charge in [-0.15, -0.1) is 5.10 Å². The molecule has 3 rings (SSSR count). The van der Waals surface area contributed by atoms with Crippen molar-refractivity contribution in [2.75, 3.05) is 25.5 Å². The predicted molar refractivity (Wildman–Crippen MR) is 97.2 cm³/mol. The van der Waals surface area contributed by atoms with Crippen LogP contribution in [0, 0.1) is 6.92 Å². The number of rotatable bonds is 9. The molecule has 1 aromatic heterocycles. The molecular formula is C17H23N5O3S. The SMILES string of the molecule is Cc1cccc(OCCNC(=O)CSc2nnnn2CC2CCCO2)c1. The van der Waals surface area contributed by atoms with Crippen molar-refractivity contribution in [3.05, 3.63) is 29.8 Å². The third kappa shape index (κ3) is 5.70. The number of ether oxygens (including phenoxy) is 2. The van der Waals surface area contributed by atoms with E-state index in [9.17, 15) is 4.79 Å². The van der Waals surface area contributed by atoms with Crippen LogP contribution in [-0.2, 0) is 16.1 Å². The maximum absolute atomic E-state index is 12.0. The Morgan fingerprint density at radius 1 is 1.50 bits per heavy atom. The molecule has 0 aliphatic carbocycles. The molecule has 1 aliphatic heterocycles. The average molecular weight is 377 g/mol. The first-order valence-electron chi connectivity index (χ1n) is 8.67. The topological polar surface area (TPSA) is 91.2 Å². The van der Waals surface area contributed by atoms with Gasteiger partial charge in [-0.3, -0.25) is 4.79 Å². The number of carbonyl (C=O) groups excluding carboxylic acids is 1. The van der Waals surface area contributed by atoms with E-state index in [1.807, 2.05) is 31.2 Å². The molecule has 1 amide bonds. The molecule has 1 aromatic carbocycles. The van der Waals surface area contributed by atoms with Crippen molar-refractivity contribution < 1.29 is 14.3 Å². The molecule has 2 heterocycles. The molecule has 9 heteroatoms. The fraction of sp³-hybridized carbons (Fsp3) is 0.529. The normalized spacial score (nSPS) is 16.6. The third-order valence-electron chi connectivity index (χ3n) is 3.91. The van der Waals surface area contributed by atoms with Gasteiger partial charge >= 0.3 is 0 Å². The van der Waals surface area contributed by atoms with Gasteiger partial charge in [-0.05, 0) is 47.9 Å². The lowest BCUT2D eigenvalue weighted by Gasteiger charge is -2.10. The van der Waals surface area contributed by atoms with Crippen molar-refractivity contribution in [3.8, 4) is 5.75 Å². The molecule has 1 unspecified atom stereocenters. The van der Waals surface area contributed by atoms with Crippen molar-refractivity contribution in [3.63, 3.8) is 0 Å². The Bertz CT molecular complexity index is 718. The van der Waals surface area contributed by atoms with E-state index in [4.69, 9.17) is 9.47 Å². The summed E-state index contributed by atoms with van der Waals surface area (Å²) in [5.74, 6) is 0.993. The van der Waals surface area contributed by atoms with E-state index in [0.29, 0.717) is 24.9 Å². The van der Waals surface area contributed by atoms with Crippen molar-refractivity contribution in [1.82, 2.24) is 25.5 Å². The van der Waals surface area contributed by atoms with Crippen LogP contribution in [0.2, 0.25) is 0 Å². The molecule has 1 atom stereocenters. The molecular weight excluding hydrogens is 354 g/mol. The quantitative estimate of drug-likeness (QED) is 0.522. The Labute approximate surface area is 156 Å². The number of hydrogen-bond acceptors (Lipinski definition) is 7. The Balaban J connectivity index is 1.34. The van der Waals surface area contributed by atoms with Gasteiger partial charge < -0.3 is 14.8 Å². The first kappa shape index (κ1) is 18.7. The number of thioether (sulfide) groups is 1. The summed E-state index contributed by atoms with van der Waals surface area (Å²) in [5.41, 5.74) is 1.14. The van der Waals surface area contributed by atoms with Gasteiger partial charge in [-0.1, -0.05) is 23.9 Å². The number of aryl methyl sites for hydroxylation is 1. The molecule has 2 aromatic rings. The maximum Gasteiger partial charge on any atom is 0.230 e. The van der Waals surface area contributed by atoms with E-state index < -0.39 is 0 Å². The molecule has 26 heavy (non-hydrogen) atoms. The maximum atomic E-state index is 12.0. The van der Waals surface area contributed by atoms with Gasteiger partial charge in [0.15, 0.2) is 0 Å². The van der Waals surface area contributed by atoms with Gasteiger partial charge in [0, 0.05) is 6.61 Å². The van der Waals surface area contributed by atoms with Crippen LogP contribution in [-0.4, -0.2) is 57.7 Å². The number of nitrogens with one attached hydrogen (secondary N) is 1. The summed E-state index contributed by atoms with van der Waals surface area (Å²) in [5, 5.41) is 15.1. The number of aromatic nitrogens is 4. The van der Waals surface area contributed by atoms with Crippen molar-refractivity contribution in [2.24, 2.45) is 0 Å². The first-order chi connectivity index (χ1) is 12.7. The minimum Gasteiger partial charge on any atom is -0.492 e. The second-order valence-electron chi connectivity index (χ2n) is 6.08. The lowest BCUT2D eigenvalue weighted by molar-refractivity contribution is -0.118. The van der Waals surface area contributed by atoms with E-state index in [1.54, 1.807) is 4.68 Å². The first-order valence-corrected chi connectivity index (χ1v) is 9.66. The number of amides is 1. The Morgan fingerprint density at radius 3 is 3.23 bits per heavy atom. The second-order valence-corrected chi connectivity index (χ2v) is 7.02. The molecule has 1 fully saturated rings. The van der Waals surface area contributed by atoms with Crippen LogP contribution in [0.5, 0.6) is 5.75 Å². The van der Waals surface area contributed by atoms with Crippen LogP contribution in [0.25, 0.3) is 0 Å².